The normalized spacial score (nSPS) is 45.5. The standard InChI is InChI=1S/C6H12NO5.Ac/c7-3-5(10)4(9)2(1-8)12-6(3)11;/h2-11H,1H2;/q-1;/t2?,3?,4-,5+,6+;/m0./s1. The summed E-state index contributed by atoms with van der Waals surface area (Å²) in [6.07, 6.45) is -5.18. The topological polar surface area (TPSA) is 114 Å². The van der Waals surface area contributed by atoms with Gasteiger partial charge < -0.3 is 30.9 Å². The Morgan fingerprint density at radius 2 is 1.69 bits per heavy atom. The van der Waals surface area contributed by atoms with Gasteiger partial charge in [0.1, 0.15) is 18.5 Å². The van der Waals surface area contributed by atoms with Gasteiger partial charge in [-0.15, -0.1) is 0 Å². The molecule has 1 rings (SSSR count). The van der Waals surface area contributed by atoms with E-state index < -0.39 is 37.3 Å². The maximum absolute atomic E-state index is 9.16. The fraction of sp³-hybridized carbons (Fsp3) is 1.00. The third-order valence-electron chi connectivity index (χ3n) is 1.90. The van der Waals surface area contributed by atoms with E-state index in [0.717, 1.165) is 0 Å². The van der Waals surface area contributed by atoms with Gasteiger partial charge in [0.25, 0.3) is 0 Å². The number of ether oxygens (including phenoxy) is 1. The van der Waals surface area contributed by atoms with Crippen molar-refractivity contribution in [3.05, 3.63) is 5.73 Å². The van der Waals surface area contributed by atoms with Crippen molar-refractivity contribution < 1.29 is 69.2 Å². The summed E-state index contributed by atoms with van der Waals surface area (Å²) < 4.78 is 4.64. The van der Waals surface area contributed by atoms with Crippen LogP contribution in [0.1, 0.15) is 0 Å². The molecule has 7 heteroatoms. The van der Waals surface area contributed by atoms with Crippen molar-refractivity contribution in [1.82, 2.24) is 0 Å². The van der Waals surface area contributed by atoms with Crippen LogP contribution in [-0.4, -0.2) is 57.7 Å². The minimum Gasteiger partial charge on any atom is -0.668 e. The molecular formula is C6H12AcNO5-. The summed E-state index contributed by atoms with van der Waals surface area (Å²) in [7, 11) is 0. The zero-order valence-corrected chi connectivity index (χ0v) is 11.6. The summed E-state index contributed by atoms with van der Waals surface area (Å²) in [4.78, 5) is 0. The van der Waals surface area contributed by atoms with Gasteiger partial charge in [-0.1, -0.05) is 6.04 Å². The zero-order valence-electron chi connectivity index (χ0n) is 6.87. The van der Waals surface area contributed by atoms with E-state index in [1.807, 2.05) is 0 Å². The zero-order chi connectivity index (χ0) is 9.30. The Hall–Kier alpha value is 1.20. The Balaban J connectivity index is 0.00000144. The van der Waals surface area contributed by atoms with Crippen molar-refractivity contribution in [3.8, 4) is 0 Å². The predicted molar refractivity (Wildman–Crippen MR) is 38.1 cm³/mol. The molecule has 1 radical (unpaired) electrons. The number of hydrogen-bond donors (Lipinski definition) is 4. The molecule has 0 aromatic rings. The quantitative estimate of drug-likeness (QED) is 0.397. The number of nitrogens with one attached hydrogen (secondary N) is 1. The van der Waals surface area contributed by atoms with Crippen molar-refractivity contribution in [3.63, 3.8) is 0 Å². The van der Waals surface area contributed by atoms with E-state index in [1.54, 1.807) is 0 Å². The van der Waals surface area contributed by atoms with E-state index in [0.29, 0.717) is 0 Å². The van der Waals surface area contributed by atoms with E-state index in [-0.39, 0.29) is 44.1 Å². The molecule has 0 saturated carbocycles. The number of rotatable bonds is 1. The molecule has 2 unspecified atom stereocenters. The first-order valence-corrected chi connectivity index (χ1v) is 3.59. The van der Waals surface area contributed by atoms with Crippen molar-refractivity contribution in [2.24, 2.45) is 0 Å². The van der Waals surface area contributed by atoms with Crippen LogP contribution in [0.15, 0.2) is 0 Å². The molecule has 1 aliphatic rings. The maximum atomic E-state index is 9.16. The Bertz CT molecular complexity index is 155. The summed E-state index contributed by atoms with van der Waals surface area (Å²) in [5, 5.41) is 35.9. The van der Waals surface area contributed by atoms with Gasteiger partial charge in [-0.05, 0) is 0 Å². The summed E-state index contributed by atoms with van der Waals surface area (Å²) in [6, 6.07) is -1.29. The molecule has 1 aliphatic heterocycles. The number of aliphatic hydroxyl groups is 4. The summed E-state index contributed by atoms with van der Waals surface area (Å²) in [5.74, 6) is 0. The second kappa shape index (κ2) is 5.93. The second-order valence-electron chi connectivity index (χ2n) is 2.75. The monoisotopic (exact) mass is 405 g/mol. The maximum Gasteiger partial charge on any atom is 0.141 e. The molecule has 0 bridgehead atoms. The molecule has 0 aromatic heterocycles. The number of hydrogen-bond acceptors (Lipinski definition) is 5. The van der Waals surface area contributed by atoms with E-state index in [1.165, 1.54) is 0 Å². The van der Waals surface area contributed by atoms with Crippen LogP contribution in [0.2, 0.25) is 0 Å². The Labute approximate surface area is 111 Å². The second-order valence-corrected chi connectivity index (χ2v) is 2.75. The first-order chi connectivity index (χ1) is 5.57. The first-order valence-electron chi connectivity index (χ1n) is 3.59. The third-order valence-corrected chi connectivity index (χ3v) is 1.90. The average molecular weight is 405 g/mol. The van der Waals surface area contributed by atoms with E-state index in [2.05, 4.69) is 4.74 Å². The molecule has 0 aromatic carbocycles. The van der Waals surface area contributed by atoms with Crippen LogP contribution in [-0.2, 0) is 4.74 Å². The predicted octanol–water partition coefficient (Wildman–Crippen LogP) is -2.16. The smallest absolute Gasteiger partial charge is 0.141 e. The molecular weight excluding hydrogens is 393 g/mol. The molecule has 1 heterocycles. The summed E-state index contributed by atoms with van der Waals surface area (Å²) in [6.45, 7) is -0.498. The van der Waals surface area contributed by atoms with Crippen LogP contribution in [0.4, 0.5) is 0 Å². The first kappa shape index (κ1) is 14.2. The molecule has 75 valence electrons. The van der Waals surface area contributed by atoms with Gasteiger partial charge in [-0.3, -0.25) is 0 Å². The van der Waals surface area contributed by atoms with Crippen molar-refractivity contribution in [2.75, 3.05) is 6.61 Å². The van der Waals surface area contributed by atoms with Crippen LogP contribution in [0.25, 0.3) is 5.73 Å². The van der Waals surface area contributed by atoms with Gasteiger partial charge >= 0.3 is 0 Å². The van der Waals surface area contributed by atoms with Crippen LogP contribution < -0.4 is 0 Å². The third kappa shape index (κ3) is 3.08. The van der Waals surface area contributed by atoms with Crippen molar-refractivity contribution in [1.29, 1.82) is 0 Å². The van der Waals surface area contributed by atoms with Crippen LogP contribution in [0, 0.1) is 44.1 Å². The van der Waals surface area contributed by atoms with Crippen molar-refractivity contribution >= 4 is 0 Å². The van der Waals surface area contributed by atoms with E-state index >= 15 is 0 Å². The van der Waals surface area contributed by atoms with Gasteiger partial charge in [0.05, 0.1) is 12.7 Å². The Morgan fingerprint density at radius 3 is 2.15 bits per heavy atom. The summed E-state index contributed by atoms with van der Waals surface area (Å²) in [5.41, 5.74) is 7.11. The fourth-order valence-electron chi connectivity index (χ4n) is 1.10. The molecule has 0 aliphatic carbocycles. The largest absolute Gasteiger partial charge is 0.668 e. The van der Waals surface area contributed by atoms with Crippen LogP contribution in [0.3, 0.4) is 0 Å². The molecule has 0 spiro atoms. The fourth-order valence-corrected chi connectivity index (χ4v) is 1.10. The molecule has 1 fully saturated rings. The van der Waals surface area contributed by atoms with Gasteiger partial charge in [0.15, 0.2) is 0 Å². The van der Waals surface area contributed by atoms with Gasteiger partial charge in [0.2, 0.25) is 0 Å². The molecule has 5 N–H and O–H groups in total. The molecule has 6 nitrogen and oxygen atoms in total. The van der Waals surface area contributed by atoms with Gasteiger partial charge in [0, 0.05) is 44.1 Å². The minimum absolute atomic E-state index is 0. The van der Waals surface area contributed by atoms with E-state index in [9.17, 15) is 0 Å². The number of aliphatic hydroxyl groups excluding tert-OH is 4. The van der Waals surface area contributed by atoms with Crippen LogP contribution >= 0.6 is 0 Å². The minimum atomic E-state index is -1.46. The van der Waals surface area contributed by atoms with E-state index in [4.69, 9.17) is 26.2 Å². The van der Waals surface area contributed by atoms with Gasteiger partial charge in [-0.25, -0.2) is 0 Å². The Kier molecular flexibility index (Phi) is 6.48. The Morgan fingerprint density at radius 1 is 1.15 bits per heavy atom. The molecule has 5 atom stereocenters. The SMILES string of the molecule is [Ac].[NH-]C1[C@H](O)OC(CO)[C@H](O)[C@@H]1O. The molecule has 1 saturated heterocycles. The molecule has 0 amide bonds. The van der Waals surface area contributed by atoms with Crippen LogP contribution in [0.5, 0.6) is 0 Å². The van der Waals surface area contributed by atoms with Crippen molar-refractivity contribution in [2.45, 2.75) is 30.6 Å². The summed E-state index contributed by atoms with van der Waals surface area (Å²) >= 11 is 0. The molecule has 13 heavy (non-hydrogen) atoms. The van der Waals surface area contributed by atoms with Gasteiger partial charge in [-0.2, -0.15) is 0 Å². The average Bonchev–Trinajstić information content (AvgIpc) is 2.08.